The van der Waals surface area contributed by atoms with Crippen LogP contribution in [0.15, 0.2) is 0 Å². The quantitative estimate of drug-likeness (QED) is 0.605. The van der Waals surface area contributed by atoms with E-state index in [0.717, 1.165) is 6.42 Å². The van der Waals surface area contributed by atoms with Gasteiger partial charge in [-0.05, 0) is 20.3 Å². The highest BCUT2D eigenvalue weighted by molar-refractivity contribution is 5.70. The van der Waals surface area contributed by atoms with Gasteiger partial charge in [0.25, 0.3) is 0 Å². The normalized spacial score (nSPS) is 37.2. The van der Waals surface area contributed by atoms with E-state index in [4.69, 9.17) is 4.74 Å². The molecule has 2 rings (SSSR count). The van der Waals surface area contributed by atoms with E-state index in [1.165, 1.54) is 0 Å². The van der Waals surface area contributed by atoms with Crippen LogP contribution < -0.4 is 0 Å². The Labute approximate surface area is 77.5 Å². The fourth-order valence-corrected chi connectivity index (χ4v) is 2.15. The molecular weight excluding hydrogens is 170 g/mol. The molecule has 0 unspecified atom stereocenters. The van der Waals surface area contributed by atoms with E-state index in [1.807, 2.05) is 13.8 Å². The van der Waals surface area contributed by atoms with Crippen LogP contribution in [-0.2, 0) is 4.74 Å². The Bertz CT molecular complexity index is 239. The molecule has 2 aliphatic rings. The molecule has 4 heteroatoms. The Hall–Kier alpha value is -0.770. The van der Waals surface area contributed by atoms with Gasteiger partial charge in [0.05, 0.1) is 12.1 Å². The van der Waals surface area contributed by atoms with E-state index in [1.54, 1.807) is 4.90 Å². The first-order valence-electron chi connectivity index (χ1n) is 4.67. The predicted molar refractivity (Wildman–Crippen MR) is 46.3 cm³/mol. The second-order valence-electron chi connectivity index (χ2n) is 4.45. The number of hydrogen-bond donors (Lipinski definition) is 1. The van der Waals surface area contributed by atoms with Gasteiger partial charge in [0.2, 0.25) is 0 Å². The number of nitrogens with zero attached hydrogens (tertiary/aromatic N) is 1. The van der Waals surface area contributed by atoms with E-state index in [0.29, 0.717) is 13.0 Å². The lowest BCUT2D eigenvalue weighted by Gasteiger charge is -2.39. The summed E-state index contributed by atoms with van der Waals surface area (Å²) in [6, 6.07) is -0.0313. The molecule has 0 radical (unpaired) electrons. The smallest absolute Gasteiger partial charge is 0.410 e. The van der Waals surface area contributed by atoms with Gasteiger partial charge >= 0.3 is 6.09 Å². The van der Waals surface area contributed by atoms with Crippen LogP contribution in [0.5, 0.6) is 0 Å². The molecule has 2 atom stereocenters. The Morgan fingerprint density at radius 2 is 2.31 bits per heavy atom. The Kier molecular flexibility index (Phi) is 1.77. The van der Waals surface area contributed by atoms with E-state index in [2.05, 4.69) is 0 Å². The van der Waals surface area contributed by atoms with Gasteiger partial charge in [0, 0.05) is 13.0 Å². The predicted octanol–water partition coefficient (Wildman–Crippen LogP) is 0.741. The lowest BCUT2D eigenvalue weighted by Crippen LogP contribution is -2.52. The summed E-state index contributed by atoms with van der Waals surface area (Å²) in [5.41, 5.74) is -0.427. The standard InChI is InChI=1S/C9H15NO3/c1-9(2)5-6-7(11)3-4-10(6)8(12)13-9/h6-7,11H,3-5H2,1-2H3/t6-,7-/m0/s1. The minimum atomic E-state index is -0.427. The number of cyclic esters (lactones) is 1. The molecule has 0 aromatic rings. The molecule has 0 bridgehead atoms. The van der Waals surface area contributed by atoms with Gasteiger partial charge in [0.1, 0.15) is 5.60 Å². The molecule has 0 aromatic carbocycles. The molecule has 13 heavy (non-hydrogen) atoms. The fourth-order valence-electron chi connectivity index (χ4n) is 2.15. The zero-order valence-electron chi connectivity index (χ0n) is 7.99. The third-order valence-corrected chi connectivity index (χ3v) is 2.81. The number of aliphatic hydroxyl groups excluding tert-OH is 1. The van der Waals surface area contributed by atoms with Crippen molar-refractivity contribution in [2.75, 3.05) is 6.54 Å². The molecule has 1 amide bonds. The highest BCUT2D eigenvalue weighted by Gasteiger charge is 2.46. The summed E-state index contributed by atoms with van der Waals surface area (Å²) in [5, 5.41) is 9.62. The van der Waals surface area contributed by atoms with Gasteiger partial charge in [-0.1, -0.05) is 0 Å². The minimum absolute atomic E-state index is 0.0313. The molecular formula is C9H15NO3. The number of carbonyl (C=O) groups excluding carboxylic acids is 1. The summed E-state index contributed by atoms with van der Waals surface area (Å²) in [6.45, 7) is 4.39. The van der Waals surface area contributed by atoms with E-state index in [9.17, 15) is 9.90 Å². The van der Waals surface area contributed by atoms with Crippen molar-refractivity contribution in [2.24, 2.45) is 0 Å². The van der Waals surface area contributed by atoms with Gasteiger partial charge in [-0.2, -0.15) is 0 Å². The molecule has 1 N–H and O–H groups in total. The molecule has 0 aromatic heterocycles. The number of hydrogen-bond acceptors (Lipinski definition) is 3. The molecule has 2 saturated heterocycles. The Morgan fingerprint density at radius 1 is 1.62 bits per heavy atom. The van der Waals surface area contributed by atoms with Crippen LogP contribution in [0.4, 0.5) is 4.79 Å². The molecule has 0 saturated carbocycles. The van der Waals surface area contributed by atoms with Crippen molar-refractivity contribution >= 4 is 6.09 Å². The van der Waals surface area contributed by atoms with Crippen LogP contribution in [-0.4, -0.2) is 40.4 Å². The van der Waals surface area contributed by atoms with Gasteiger partial charge < -0.3 is 14.7 Å². The maximum absolute atomic E-state index is 11.4. The number of fused-ring (bicyclic) bond motifs is 1. The third kappa shape index (κ3) is 1.39. The van der Waals surface area contributed by atoms with E-state index < -0.39 is 5.60 Å². The first-order chi connectivity index (χ1) is 5.99. The molecule has 2 aliphatic heterocycles. The topological polar surface area (TPSA) is 49.8 Å². The van der Waals surface area contributed by atoms with Crippen molar-refractivity contribution in [2.45, 2.75) is 44.4 Å². The summed E-state index contributed by atoms with van der Waals surface area (Å²) in [4.78, 5) is 13.1. The number of ether oxygens (including phenoxy) is 1. The van der Waals surface area contributed by atoms with Crippen molar-refractivity contribution in [1.29, 1.82) is 0 Å². The lowest BCUT2D eigenvalue weighted by atomic mass is 9.94. The highest BCUT2D eigenvalue weighted by Crippen LogP contribution is 2.33. The number of rotatable bonds is 0. The molecule has 0 spiro atoms. The van der Waals surface area contributed by atoms with Crippen LogP contribution in [0.1, 0.15) is 26.7 Å². The maximum Gasteiger partial charge on any atom is 0.410 e. The van der Waals surface area contributed by atoms with Crippen molar-refractivity contribution in [3.8, 4) is 0 Å². The molecule has 0 aliphatic carbocycles. The summed E-state index contributed by atoms with van der Waals surface area (Å²) in [7, 11) is 0. The van der Waals surface area contributed by atoms with Crippen LogP contribution in [0, 0.1) is 0 Å². The summed E-state index contributed by atoms with van der Waals surface area (Å²) in [5.74, 6) is 0. The van der Waals surface area contributed by atoms with Gasteiger partial charge in [-0.15, -0.1) is 0 Å². The first-order valence-corrected chi connectivity index (χ1v) is 4.67. The summed E-state index contributed by atoms with van der Waals surface area (Å²) in [6.07, 6.45) is 0.750. The maximum atomic E-state index is 11.4. The van der Waals surface area contributed by atoms with Crippen LogP contribution in [0.3, 0.4) is 0 Å². The lowest BCUT2D eigenvalue weighted by molar-refractivity contribution is -0.0540. The average Bonchev–Trinajstić information content (AvgIpc) is 2.30. The van der Waals surface area contributed by atoms with E-state index >= 15 is 0 Å². The minimum Gasteiger partial charge on any atom is -0.443 e. The summed E-state index contributed by atoms with van der Waals surface area (Å²) < 4.78 is 5.21. The molecule has 2 fully saturated rings. The van der Waals surface area contributed by atoms with Gasteiger partial charge in [-0.25, -0.2) is 4.79 Å². The van der Waals surface area contributed by atoms with Crippen molar-refractivity contribution in [1.82, 2.24) is 4.90 Å². The first kappa shape index (κ1) is 8.81. The second-order valence-corrected chi connectivity index (χ2v) is 4.45. The summed E-state index contributed by atoms with van der Waals surface area (Å²) >= 11 is 0. The van der Waals surface area contributed by atoms with Crippen molar-refractivity contribution in [3.05, 3.63) is 0 Å². The zero-order chi connectivity index (χ0) is 9.64. The van der Waals surface area contributed by atoms with Gasteiger partial charge in [0.15, 0.2) is 0 Å². The molecule has 74 valence electrons. The van der Waals surface area contributed by atoms with Crippen LogP contribution >= 0.6 is 0 Å². The second kappa shape index (κ2) is 2.61. The monoisotopic (exact) mass is 185 g/mol. The largest absolute Gasteiger partial charge is 0.443 e. The fraction of sp³-hybridized carbons (Fsp3) is 0.889. The van der Waals surface area contributed by atoms with Gasteiger partial charge in [-0.3, -0.25) is 0 Å². The molecule has 4 nitrogen and oxygen atoms in total. The number of amides is 1. The average molecular weight is 185 g/mol. The third-order valence-electron chi connectivity index (χ3n) is 2.81. The number of carbonyl (C=O) groups is 1. The number of aliphatic hydroxyl groups is 1. The van der Waals surface area contributed by atoms with Crippen LogP contribution in [0.25, 0.3) is 0 Å². The van der Waals surface area contributed by atoms with Crippen molar-refractivity contribution in [3.63, 3.8) is 0 Å². The van der Waals surface area contributed by atoms with Crippen LogP contribution in [0.2, 0.25) is 0 Å². The van der Waals surface area contributed by atoms with E-state index in [-0.39, 0.29) is 18.2 Å². The Morgan fingerprint density at radius 3 is 3.00 bits per heavy atom. The molecule has 2 heterocycles. The van der Waals surface area contributed by atoms with Crippen molar-refractivity contribution < 1.29 is 14.6 Å². The SMILES string of the molecule is CC1(C)C[C@H]2[C@@H](O)CCN2C(=O)O1. The Balaban J connectivity index is 2.19. The zero-order valence-corrected chi connectivity index (χ0v) is 7.99. The highest BCUT2D eigenvalue weighted by atomic mass is 16.6.